The third kappa shape index (κ3) is 7.43. The minimum Gasteiger partial charge on any atom is -0.399 e. The Morgan fingerprint density at radius 1 is 1.08 bits per heavy atom. The van der Waals surface area contributed by atoms with Crippen molar-refractivity contribution < 1.29 is 13.3 Å². The van der Waals surface area contributed by atoms with E-state index in [1.54, 1.807) is 6.07 Å². The van der Waals surface area contributed by atoms with Crippen molar-refractivity contribution in [2.24, 2.45) is 11.1 Å². The van der Waals surface area contributed by atoms with E-state index in [0.29, 0.717) is 18.3 Å². The van der Waals surface area contributed by atoms with Crippen LogP contribution in [0.2, 0.25) is 0 Å². The Hall–Kier alpha value is -2.68. The van der Waals surface area contributed by atoms with Crippen molar-refractivity contribution in [3.8, 4) is 10.4 Å². The van der Waals surface area contributed by atoms with Crippen LogP contribution in [0.15, 0.2) is 70.0 Å². The Kier molecular flexibility index (Phi) is 9.40. The normalized spacial score (nSPS) is 15.9. The molecule has 0 amide bonds. The fourth-order valence-electron chi connectivity index (χ4n) is 4.97. The highest BCUT2D eigenvalue weighted by atomic mass is 32.2. The highest BCUT2D eigenvalue weighted by Gasteiger charge is 2.20. The lowest BCUT2D eigenvalue weighted by atomic mass is 9.85. The fraction of sp³-hybridized carbons (Fsp3) is 0.414. The minimum absolute atomic E-state index is 0.281. The van der Waals surface area contributed by atoms with Gasteiger partial charge in [-0.15, -0.1) is 11.3 Å². The summed E-state index contributed by atoms with van der Waals surface area (Å²) < 4.78 is 29.7. The molecule has 0 unspecified atom stereocenters. The summed E-state index contributed by atoms with van der Waals surface area (Å²) in [6.07, 6.45) is 7.89. The first-order chi connectivity index (χ1) is 17.9. The topological polar surface area (TPSA) is 79.8 Å². The lowest BCUT2D eigenvalue weighted by Gasteiger charge is -2.25. The summed E-state index contributed by atoms with van der Waals surface area (Å²) in [5.41, 5.74) is 4.18. The highest BCUT2D eigenvalue weighted by molar-refractivity contribution is 7.94. The summed E-state index contributed by atoms with van der Waals surface area (Å²) in [4.78, 5) is 5.76. The van der Waals surface area contributed by atoms with Crippen molar-refractivity contribution in [1.82, 2.24) is 5.32 Å². The number of hydrogen-bond donors (Lipinski definition) is 2. The molecule has 1 saturated carbocycles. The summed E-state index contributed by atoms with van der Waals surface area (Å²) in [5, 5.41) is 7.60. The quantitative estimate of drug-likeness (QED) is 0.202. The number of rotatable bonds is 11. The monoisotopic (exact) mass is 539 g/mol. The molecule has 0 saturated heterocycles. The molecule has 37 heavy (non-hydrogen) atoms. The van der Waals surface area contributed by atoms with E-state index in [9.17, 15) is 8.42 Å². The predicted octanol–water partition coefficient (Wildman–Crippen LogP) is 7.03. The lowest BCUT2D eigenvalue weighted by Crippen LogP contribution is -2.29. The van der Waals surface area contributed by atoms with Gasteiger partial charge >= 0.3 is 0 Å². The number of para-hydroxylation sites is 1. The molecule has 0 spiro atoms. The molecule has 2 N–H and O–H groups in total. The number of anilines is 1. The van der Waals surface area contributed by atoms with E-state index < -0.39 is 10.0 Å². The van der Waals surface area contributed by atoms with Crippen LogP contribution < -0.4 is 10.0 Å². The summed E-state index contributed by atoms with van der Waals surface area (Å²) in [6.45, 7) is 4.73. The van der Waals surface area contributed by atoms with Gasteiger partial charge in [0.25, 0.3) is 10.0 Å². The van der Waals surface area contributed by atoms with Crippen LogP contribution in [0.3, 0.4) is 0 Å². The average Bonchev–Trinajstić information content (AvgIpc) is 3.41. The molecule has 0 bridgehead atoms. The number of benzene rings is 2. The molecule has 2 aromatic carbocycles. The summed E-state index contributed by atoms with van der Waals surface area (Å²) in [6, 6.07) is 19.4. The molecule has 4 rings (SSSR count). The van der Waals surface area contributed by atoms with Gasteiger partial charge in [0.1, 0.15) is 11.3 Å². The molecule has 1 aliphatic carbocycles. The number of thiophene rings is 1. The second-order valence-corrected chi connectivity index (χ2v) is 12.8. The summed E-state index contributed by atoms with van der Waals surface area (Å²) >= 11 is 1.25. The number of hydrogen-bond acceptors (Lipinski definition) is 6. The second-order valence-electron chi connectivity index (χ2n) is 9.84. The standard InChI is InChI=1S/C29H37N3O3S2/c1-21(18-23-10-5-4-6-11-23)30-20-26-12-7-8-15-27(26)32-37(33,34)29-17-16-28(36-29)25-14-9-13-24(19-25)22(2)31-35-3/h7-9,12-17,19,21,23,30,32H,4-6,10-11,18,20H2,1-3H3/b31-22+/t21-/m0/s1. The zero-order valence-corrected chi connectivity index (χ0v) is 23.5. The maximum Gasteiger partial charge on any atom is 0.271 e. The Morgan fingerprint density at radius 2 is 1.86 bits per heavy atom. The Bertz CT molecular complexity index is 1310. The van der Waals surface area contributed by atoms with Crippen molar-refractivity contribution in [2.45, 2.75) is 69.2 Å². The third-order valence-electron chi connectivity index (χ3n) is 6.95. The predicted molar refractivity (Wildman–Crippen MR) is 154 cm³/mol. The van der Waals surface area contributed by atoms with Crippen LogP contribution in [0.4, 0.5) is 5.69 Å². The smallest absolute Gasteiger partial charge is 0.271 e. The van der Waals surface area contributed by atoms with Crippen LogP contribution in [0.25, 0.3) is 10.4 Å². The zero-order chi connectivity index (χ0) is 26.3. The largest absolute Gasteiger partial charge is 0.399 e. The number of nitrogens with one attached hydrogen (secondary N) is 2. The molecular formula is C29H37N3O3S2. The average molecular weight is 540 g/mol. The first-order valence-corrected chi connectivity index (χ1v) is 15.3. The number of nitrogens with zero attached hydrogens (tertiary/aromatic N) is 1. The van der Waals surface area contributed by atoms with Crippen molar-refractivity contribution in [1.29, 1.82) is 0 Å². The molecule has 1 atom stereocenters. The second kappa shape index (κ2) is 12.7. The van der Waals surface area contributed by atoms with Crippen LogP contribution in [0, 0.1) is 5.92 Å². The Morgan fingerprint density at radius 3 is 2.65 bits per heavy atom. The van der Waals surface area contributed by atoms with Crippen molar-refractivity contribution in [3.05, 3.63) is 71.8 Å². The molecule has 1 fully saturated rings. The molecule has 6 nitrogen and oxygen atoms in total. The van der Waals surface area contributed by atoms with E-state index >= 15 is 0 Å². The third-order valence-corrected chi connectivity index (χ3v) is 9.95. The van der Waals surface area contributed by atoms with Gasteiger partial charge in [-0.1, -0.05) is 73.7 Å². The van der Waals surface area contributed by atoms with Gasteiger partial charge in [0.05, 0.1) is 11.4 Å². The van der Waals surface area contributed by atoms with E-state index in [1.807, 2.05) is 61.5 Å². The highest BCUT2D eigenvalue weighted by Crippen LogP contribution is 2.33. The lowest BCUT2D eigenvalue weighted by molar-refractivity contribution is 0.213. The Labute approximate surface area is 225 Å². The molecule has 198 valence electrons. The molecule has 1 aliphatic rings. The first kappa shape index (κ1) is 27.4. The Balaban J connectivity index is 1.44. The summed E-state index contributed by atoms with van der Waals surface area (Å²) in [7, 11) is -2.21. The SMILES string of the molecule is CO/N=C(\C)c1cccc(-c2ccc(S(=O)(=O)Nc3ccccc3CN[C@@H](C)CC3CCCCC3)s2)c1. The number of oxime groups is 1. The molecule has 1 aromatic heterocycles. The van der Waals surface area contributed by atoms with Crippen LogP contribution >= 0.6 is 11.3 Å². The maximum atomic E-state index is 13.3. The van der Waals surface area contributed by atoms with E-state index in [2.05, 4.69) is 22.1 Å². The van der Waals surface area contributed by atoms with E-state index in [4.69, 9.17) is 4.84 Å². The molecular weight excluding hydrogens is 502 g/mol. The first-order valence-electron chi connectivity index (χ1n) is 13.0. The van der Waals surface area contributed by atoms with E-state index in [1.165, 1.54) is 57.0 Å². The summed E-state index contributed by atoms with van der Waals surface area (Å²) in [5.74, 6) is 0.801. The van der Waals surface area contributed by atoms with Gasteiger partial charge in [-0.2, -0.15) is 0 Å². The van der Waals surface area contributed by atoms with Crippen LogP contribution in [-0.2, 0) is 21.4 Å². The van der Waals surface area contributed by atoms with Crippen molar-refractivity contribution in [2.75, 3.05) is 11.8 Å². The van der Waals surface area contributed by atoms with Gasteiger partial charge in [0, 0.05) is 17.5 Å². The minimum atomic E-state index is -3.72. The molecule has 3 aromatic rings. The van der Waals surface area contributed by atoms with Gasteiger partial charge in [-0.25, -0.2) is 8.42 Å². The van der Waals surface area contributed by atoms with Crippen molar-refractivity contribution in [3.63, 3.8) is 0 Å². The van der Waals surface area contributed by atoms with Gasteiger partial charge in [-0.05, 0) is 67.1 Å². The van der Waals surface area contributed by atoms with Gasteiger partial charge in [0.15, 0.2) is 0 Å². The van der Waals surface area contributed by atoms with Crippen LogP contribution in [0.5, 0.6) is 0 Å². The van der Waals surface area contributed by atoms with E-state index in [0.717, 1.165) is 33.2 Å². The fourth-order valence-corrected chi connectivity index (χ4v) is 7.37. The van der Waals surface area contributed by atoms with Gasteiger partial charge in [-0.3, -0.25) is 4.72 Å². The van der Waals surface area contributed by atoms with E-state index in [-0.39, 0.29) is 4.21 Å². The number of sulfonamides is 1. The van der Waals surface area contributed by atoms with Crippen LogP contribution in [0.1, 0.15) is 63.5 Å². The van der Waals surface area contributed by atoms with Gasteiger partial charge < -0.3 is 10.2 Å². The zero-order valence-electron chi connectivity index (χ0n) is 21.9. The maximum absolute atomic E-state index is 13.3. The van der Waals surface area contributed by atoms with Crippen molar-refractivity contribution >= 4 is 32.8 Å². The molecule has 0 radical (unpaired) electrons. The molecule has 0 aliphatic heterocycles. The molecule has 1 heterocycles. The van der Waals surface area contributed by atoms with Crippen LogP contribution in [-0.4, -0.2) is 27.3 Å². The molecule has 8 heteroatoms. The van der Waals surface area contributed by atoms with Gasteiger partial charge in [0.2, 0.25) is 0 Å².